The Bertz CT molecular complexity index is 491. The first kappa shape index (κ1) is 16.5. The number of methoxy groups -OCH3 is 1. The van der Waals surface area contributed by atoms with E-state index in [1.165, 1.54) is 13.2 Å². The van der Waals surface area contributed by atoms with Gasteiger partial charge in [0.2, 0.25) is 5.91 Å². The molecule has 1 aromatic rings. The lowest BCUT2D eigenvalue weighted by atomic mass is 10.2. The Kier molecular flexibility index (Phi) is 6.48. The molecule has 0 bridgehead atoms. The van der Waals surface area contributed by atoms with Crippen LogP contribution in [0, 0.1) is 0 Å². The van der Waals surface area contributed by atoms with E-state index in [0.29, 0.717) is 12.1 Å². The quantitative estimate of drug-likeness (QED) is 0.792. The van der Waals surface area contributed by atoms with Crippen molar-refractivity contribution >= 4 is 29.2 Å². The summed E-state index contributed by atoms with van der Waals surface area (Å²) in [5.74, 6) is -0.663. The van der Waals surface area contributed by atoms with Crippen LogP contribution >= 0.6 is 11.6 Å². The molecule has 2 N–H and O–H groups in total. The average Bonchev–Trinajstić information content (AvgIpc) is 2.40. The Morgan fingerprint density at radius 3 is 2.70 bits per heavy atom. The molecule has 1 rings (SSSR count). The second kappa shape index (κ2) is 7.87. The Morgan fingerprint density at radius 2 is 2.10 bits per heavy atom. The Balaban J connectivity index is 2.73. The minimum Gasteiger partial charge on any atom is -0.465 e. The number of ether oxygens (including phenoxy) is 1. The molecule has 0 saturated heterocycles. The van der Waals surface area contributed by atoms with E-state index in [1.54, 1.807) is 12.1 Å². The second-order valence-electron chi connectivity index (χ2n) is 4.40. The van der Waals surface area contributed by atoms with Crippen LogP contribution in [0.1, 0.15) is 30.6 Å². The lowest BCUT2D eigenvalue weighted by Gasteiger charge is -2.12. The molecule has 0 aliphatic rings. The zero-order valence-electron chi connectivity index (χ0n) is 11.8. The van der Waals surface area contributed by atoms with E-state index >= 15 is 0 Å². The monoisotopic (exact) mass is 298 g/mol. The largest absolute Gasteiger partial charge is 0.465 e. The van der Waals surface area contributed by atoms with Crippen molar-refractivity contribution in [2.75, 3.05) is 19.0 Å². The number of nitrogens with one attached hydrogen (secondary N) is 2. The minimum absolute atomic E-state index is 0.0902. The van der Waals surface area contributed by atoms with Crippen molar-refractivity contribution < 1.29 is 14.3 Å². The predicted octanol–water partition coefficient (Wildman–Crippen LogP) is 2.45. The highest BCUT2D eigenvalue weighted by molar-refractivity contribution is 6.33. The highest BCUT2D eigenvalue weighted by atomic mass is 35.5. The summed E-state index contributed by atoms with van der Waals surface area (Å²) in [4.78, 5) is 23.3. The number of carbonyl (C=O) groups is 2. The summed E-state index contributed by atoms with van der Waals surface area (Å²) >= 11 is 5.91. The van der Waals surface area contributed by atoms with E-state index in [4.69, 9.17) is 11.6 Å². The first-order chi connectivity index (χ1) is 9.47. The number of anilines is 1. The van der Waals surface area contributed by atoms with Gasteiger partial charge in [0, 0.05) is 18.2 Å². The van der Waals surface area contributed by atoms with E-state index in [9.17, 15) is 9.59 Å². The van der Waals surface area contributed by atoms with Crippen LogP contribution in [0.15, 0.2) is 18.2 Å². The number of amides is 1. The van der Waals surface area contributed by atoms with Crippen LogP contribution in [0.3, 0.4) is 0 Å². The summed E-state index contributed by atoms with van der Waals surface area (Å²) in [5, 5.41) is 6.17. The summed E-state index contributed by atoms with van der Waals surface area (Å²) < 4.78 is 4.63. The molecule has 0 radical (unpaired) electrons. The maximum absolute atomic E-state index is 11.8. The summed E-state index contributed by atoms with van der Waals surface area (Å²) in [6.45, 7) is 4.73. The molecule has 6 heteroatoms. The standard InChI is InChI=1S/C14H19ClN2O3/c1-4-16-9(2)7-13(18)17-10-5-6-12(15)11(8-10)14(19)20-3/h5-6,8-9,16H,4,7H2,1-3H3,(H,17,18). The first-order valence-electron chi connectivity index (χ1n) is 6.39. The fourth-order valence-electron chi connectivity index (χ4n) is 1.78. The minimum atomic E-state index is -0.535. The van der Waals surface area contributed by atoms with E-state index in [-0.39, 0.29) is 22.5 Å². The lowest BCUT2D eigenvalue weighted by molar-refractivity contribution is -0.116. The molecule has 0 saturated carbocycles. The van der Waals surface area contributed by atoms with Crippen LogP contribution in [0.5, 0.6) is 0 Å². The third-order valence-electron chi connectivity index (χ3n) is 2.70. The normalized spacial score (nSPS) is 11.8. The second-order valence-corrected chi connectivity index (χ2v) is 4.80. The number of rotatable bonds is 6. The van der Waals surface area contributed by atoms with Crippen molar-refractivity contribution in [1.82, 2.24) is 5.32 Å². The number of halogens is 1. The maximum atomic E-state index is 11.8. The zero-order chi connectivity index (χ0) is 15.1. The highest BCUT2D eigenvalue weighted by Crippen LogP contribution is 2.21. The number of esters is 1. The molecule has 0 aliphatic carbocycles. The van der Waals surface area contributed by atoms with Crippen LogP contribution in [0.2, 0.25) is 5.02 Å². The van der Waals surface area contributed by atoms with Gasteiger partial charge < -0.3 is 15.4 Å². The summed E-state index contributed by atoms with van der Waals surface area (Å²) in [5.41, 5.74) is 0.746. The molecule has 1 amide bonds. The summed E-state index contributed by atoms with van der Waals surface area (Å²) in [7, 11) is 1.28. The molecule has 0 aliphatic heterocycles. The first-order valence-corrected chi connectivity index (χ1v) is 6.76. The molecule has 5 nitrogen and oxygen atoms in total. The van der Waals surface area contributed by atoms with E-state index in [2.05, 4.69) is 15.4 Å². The van der Waals surface area contributed by atoms with Gasteiger partial charge in [0.1, 0.15) is 0 Å². The molecule has 110 valence electrons. The molecular weight excluding hydrogens is 280 g/mol. The smallest absolute Gasteiger partial charge is 0.339 e. The van der Waals surface area contributed by atoms with Crippen molar-refractivity contribution in [3.63, 3.8) is 0 Å². The van der Waals surface area contributed by atoms with E-state index in [1.807, 2.05) is 13.8 Å². The van der Waals surface area contributed by atoms with Crippen LogP contribution in [-0.2, 0) is 9.53 Å². The van der Waals surface area contributed by atoms with Gasteiger partial charge in [-0.2, -0.15) is 0 Å². The zero-order valence-corrected chi connectivity index (χ0v) is 12.6. The van der Waals surface area contributed by atoms with Crippen molar-refractivity contribution in [1.29, 1.82) is 0 Å². The third kappa shape index (κ3) is 4.83. The van der Waals surface area contributed by atoms with Crippen LogP contribution in [0.25, 0.3) is 0 Å². The topological polar surface area (TPSA) is 67.4 Å². The molecule has 0 aromatic heterocycles. The van der Waals surface area contributed by atoms with Gasteiger partial charge in [-0.15, -0.1) is 0 Å². The van der Waals surface area contributed by atoms with Gasteiger partial charge in [-0.3, -0.25) is 4.79 Å². The predicted molar refractivity (Wildman–Crippen MR) is 79.2 cm³/mol. The van der Waals surface area contributed by atoms with Gasteiger partial charge in [-0.05, 0) is 31.7 Å². The van der Waals surface area contributed by atoms with Crippen molar-refractivity contribution in [2.24, 2.45) is 0 Å². The molecular formula is C14H19ClN2O3. The molecule has 1 unspecified atom stereocenters. The van der Waals surface area contributed by atoms with Crippen LogP contribution in [-0.4, -0.2) is 31.6 Å². The molecule has 20 heavy (non-hydrogen) atoms. The van der Waals surface area contributed by atoms with Gasteiger partial charge in [-0.1, -0.05) is 18.5 Å². The average molecular weight is 299 g/mol. The van der Waals surface area contributed by atoms with Crippen LogP contribution < -0.4 is 10.6 Å². The Morgan fingerprint density at radius 1 is 1.40 bits per heavy atom. The van der Waals surface area contributed by atoms with E-state index < -0.39 is 5.97 Å². The van der Waals surface area contributed by atoms with Gasteiger partial charge >= 0.3 is 5.97 Å². The molecule has 1 atom stereocenters. The van der Waals surface area contributed by atoms with Crippen molar-refractivity contribution in [2.45, 2.75) is 26.3 Å². The summed E-state index contributed by atoms with van der Waals surface area (Å²) in [6, 6.07) is 4.79. The van der Waals surface area contributed by atoms with Gasteiger partial charge in [0.15, 0.2) is 0 Å². The number of hydrogen-bond acceptors (Lipinski definition) is 4. The highest BCUT2D eigenvalue weighted by Gasteiger charge is 2.13. The number of hydrogen-bond donors (Lipinski definition) is 2. The molecule has 1 aromatic carbocycles. The van der Waals surface area contributed by atoms with E-state index in [0.717, 1.165) is 6.54 Å². The van der Waals surface area contributed by atoms with Gasteiger partial charge in [0.25, 0.3) is 0 Å². The Hall–Kier alpha value is -1.59. The summed E-state index contributed by atoms with van der Waals surface area (Å²) in [6.07, 6.45) is 0.351. The van der Waals surface area contributed by atoms with Crippen LogP contribution in [0.4, 0.5) is 5.69 Å². The van der Waals surface area contributed by atoms with Crippen molar-refractivity contribution in [3.05, 3.63) is 28.8 Å². The van der Waals surface area contributed by atoms with Crippen molar-refractivity contribution in [3.8, 4) is 0 Å². The van der Waals surface area contributed by atoms with Gasteiger partial charge in [0.05, 0.1) is 17.7 Å². The fraction of sp³-hybridized carbons (Fsp3) is 0.429. The Labute approximate surface area is 123 Å². The SMILES string of the molecule is CCNC(C)CC(=O)Nc1ccc(Cl)c(C(=O)OC)c1. The third-order valence-corrected chi connectivity index (χ3v) is 3.03. The number of benzene rings is 1. The maximum Gasteiger partial charge on any atom is 0.339 e. The lowest BCUT2D eigenvalue weighted by Crippen LogP contribution is -2.30. The fourth-order valence-corrected chi connectivity index (χ4v) is 1.97. The molecule has 0 fully saturated rings. The number of carbonyl (C=O) groups excluding carboxylic acids is 2. The van der Waals surface area contributed by atoms with Gasteiger partial charge in [-0.25, -0.2) is 4.79 Å². The molecule has 0 spiro atoms. The molecule has 0 heterocycles.